The maximum absolute atomic E-state index is 6.04. The third-order valence-corrected chi connectivity index (χ3v) is 6.79. The van der Waals surface area contributed by atoms with Gasteiger partial charge in [-0.2, -0.15) is 0 Å². The van der Waals surface area contributed by atoms with Gasteiger partial charge in [0.25, 0.3) is 0 Å². The predicted molar refractivity (Wildman–Crippen MR) is 81.9 cm³/mol. The van der Waals surface area contributed by atoms with Crippen molar-refractivity contribution in [3.63, 3.8) is 0 Å². The van der Waals surface area contributed by atoms with Crippen LogP contribution in [-0.2, 0) is 8.85 Å². The van der Waals surface area contributed by atoms with Gasteiger partial charge in [0.15, 0.2) is 0 Å². The van der Waals surface area contributed by atoms with E-state index < -0.39 is 8.88 Å². The molecule has 0 aromatic heterocycles. The van der Waals surface area contributed by atoms with Gasteiger partial charge < -0.3 is 8.85 Å². The van der Waals surface area contributed by atoms with Gasteiger partial charge in [-0.25, -0.2) is 0 Å². The maximum Gasteiger partial charge on any atom is 0.517 e. The second-order valence-electron chi connectivity index (χ2n) is 5.42. The third-order valence-electron chi connectivity index (χ3n) is 3.74. The molecule has 0 aromatic rings. The largest absolute Gasteiger partial charge is 0.517 e. The van der Waals surface area contributed by atoms with E-state index in [1.54, 1.807) is 0 Å². The molecule has 5 heteroatoms. The lowest BCUT2D eigenvalue weighted by Crippen LogP contribution is -2.71. The molecule has 0 aromatic carbocycles. The lowest BCUT2D eigenvalue weighted by Gasteiger charge is -2.37. The van der Waals surface area contributed by atoms with Crippen LogP contribution in [0.15, 0.2) is 0 Å². The first-order valence-electron chi connectivity index (χ1n) is 7.99. The highest BCUT2D eigenvalue weighted by Gasteiger charge is 2.42. The summed E-state index contributed by atoms with van der Waals surface area (Å²) in [6.45, 7) is 9.85. The van der Waals surface area contributed by atoms with Crippen molar-refractivity contribution in [2.24, 2.45) is 0 Å². The lowest BCUT2D eigenvalue weighted by atomic mass is 9.96. The molecule has 19 heavy (non-hydrogen) atoms. The van der Waals surface area contributed by atoms with Gasteiger partial charge in [0.05, 0.1) is 0 Å². The molecule has 0 radical (unpaired) electrons. The first-order chi connectivity index (χ1) is 9.15. The van der Waals surface area contributed by atoms with Crippen LogP contribution in [0.1, 0.15) is 66.2 Å². The van der Waals surface area contributed by atoms with Crippen molar-refractivity contribution < 1.29 is 8.85 Å². The number of hydrogen-bond acceptors (Lipinski definition) is 4. The first kappa shape index (κ1) is 17.1. The molecule has 0 spiro atoms. The van der Waals surface area contributed by atoms with Gasteiger partial charge in [0.2, 0.25) is 0 Å². The van der Waals surface area contributed by atoms with Gasteiger partial charge in [0, 0.05) is 25.3 Å². The summed E-state index contributed by atoms with van der Waals surface area (Å²) >= 11 is 0. The topological polar surface area (TPSA) is 42.5 Å². The van der Waals surface area contributed by atoms with E-state index in [-0.39, 0.29) is 0 Å². The molecule has 1 aliphatic rings. The summed E-state index contributed by atoms with van der Waals surface area (Å²) in [7, 11) is -2.47. The van der Waals surface area contributed by atoms with Crippen molar-refractivity contribution in [3.05, 3.63) is 0 Å². The molecule has 0 aliphatic heterocycles. The van der Waals surface area contributed by atoms with Crippen LogP contribution in [-0.4, -0.2) is 34.2 Å². The summed E-state index contributed by atoms with van der Waals surface area (Å²) in [4.78, 5) is 7.33. The van der Waals surface area contributed by atoms with Crippen LogP contribution in [0, 0.1) is 0 Å². The van der Waals surface area contributed by atoms with Crippen LogP contribution in [0.5, 0.6) is 0 Å². The first-order valence-corrected chi connectivity index (χ1v) is 9.80. The van der Waals surface area contributed by atoms with E-state index in [1.165, 1.54) is 32.1 Å². The van der Waals surface area contributed by atoms with Crippen LogP contribution in [0.4, 0.5) is 0 Å². The Morgan fingerprint density at radius 2 is 1.63 bits per heavy atom. The minimum atomic E-state index is -2.47. The Morgan fingerprint density at radius 3 is 2.11 bits per heavy atom. The zero-order valence-corrected chi connectivity index (χ0v) is 14.1. The highest BCUT2D eigenvalue weighted by molar-refractivity contribution is 6.62. The van der Waals surface area contributed by atoms with Crippen molar-refractivity contribution in [2.45, 2.75) is 78.3 Å². The molecular formula is C14H32N2O2Si. The summed E-state index contributed by atoms with van der Waals surface area (Å²) in [5.41, 5.74) is 0. The number of rotatable bonds is 9. The van der Waals surface area contributed by atoms with Crippen LogP contribution < -0.4 is 9.96 Å². The molecule has 0 bridgehead atoms. The van der Waals surface area contributed by atoms with Crippen molar-refractivity contribution in [2.75, 3.05) is 13.2 Å². The molecular weight excluding hydrogens is 256 g/mol. The predicted octanol–water partition coefficient (Wildman–Crippen LogP) is 2.81. The highest BCUT2D eigenvalue weighted by Crippen LogP contribution is 2.19. The summed E-state index contributed by atoms with van der Waals surface area (Å²) in [6, 6.07) is 0.968. The van der Waals surface area contributed by atoms with Crippen molar-refractivity contribution in [1.29, 1.82) is 0 Å². The van der Waals surface area contributed by atoms with Gasteiger partial charge in [-0.05, 0) is 33.1 Å². The molecule has 114 valence electrons. The fourth-order valence-corrected chi connectivity index (χ4v) is 5.59. The summed E-state index contributed by atoms with van der Waals surface area (Å²) < 4.78 is 12.1. The van der Waals surface area contributed by atoms with Crippen LogP contribution >= 0.6 is 0 Å². The minimum absolute atomic E-state index is 0.417. The molecule has 0 saturated heterocycles. The van der Waals surface area contributed by atoms with E-state index in [2.05, 4.69) is 23.8 Å². The molecule has 1 saturated carbocycles. The Labute approximate surface area is 120 Å². The molecule has 0 heterocycles. The summed E-state index contributed by atoms with van der Waals surface area (Å²) in [5.74, 6) is 0. The van der Waals surface area contributed by atoms with Crippen LogP contribution in [0.2, 0.25) is 0 Å². The Bertz CT molecular complexity index is 229. The van der Waals surface area contributed by atoms with E-state index >= 15 is 0 Å². The normalized spacial score (nSPS) is 19.6. The average molecular weight is 289 g/mol. The standard InChI is InChI=1S/C14H32N2O2Si/c1-5-13(4)15-19(17-6-2,18-7-3)16-14-11-9-8-10-12-14/h13-16H,5-12H2,1-4H3. The highest BCUT2D eigenvalue weighted by atomic mass is 28.4. The van der Waals surface area contributed by atoms with Gasteiger partial charge in [-0.15, -0.1) is 0 Å². The second-order valence-corrected chi connectivity index (χ2v) is 7.80. The Hall–Kier alpha value is 0.0569. The fraction of sp³-hybridized carbons (Fsp3) is 1.00. The fourth-order valence-electron chi connectivity index (χ4n) is 2.60. The molecule has 2 N–H and O–H groups in total. The second kappa shape index (κ2) is 9.08. The number of nitrogens with one attached hydrogen (secondary N) is 2. The molecule has 1 fully saturated rings. The third kappa shape index (κ3) is 5.91. The molecule has 1 rings (SSSR count). The van der Waals surface area contributed by atoms with E-state index in [4.69, 9.17) is 8.85 Å². The van der Waals surface area contributed by atoms with Crippen molar-refractivity contribution in [1.82, 2.24) is 9.96 Å². The Morgan fingerprint density at radius 1 is 1.05 bits per heavy atom. The van der Waals surface area contributed by atoms with Gasteiger partial charge in [-0.3, -0.25) is 9.96 Å². The SMILES string of the molecule is CCO[Si](NC(C)CC)(NC1CCCCC1)OCC. The minimum Gasteiger partial charge on any atom is -0.371 e. The van der Waals surface area contributed by atoms with Crippen molar-refractivity contribution >= 4 is 8.88 Å². The molecule has 1 aliphatic carbocycles. The molecule has 1 unspecified atom stereocenters. The van der Waals surface area contributed by atoms with Gasteiger partial charge >= 0.3 is 8.88 Å². The average Bonchev–Trinajstić information content (AvgIpc) is 2.40. The van der Waals surface area contributed by atoms with Gasteiger partial charge in [0.1, 0.15) is 0 Å². The van der Waals surface area contributed by atoms with Crippen LogP contribution in [0.25, 0.3) is 0 Å². The van der Waals surface area contributed by atoms with E-state index in [1.807, 2.05) is 13.8 Å². The van der Waals surface area contributed by atoms with Crippen LogP contribution in [0.3, 0.4) is 0 Å². The Balaban J connectivity index is 2.68. The summed E-state index contributed by atoms with van der Waals surface area (Å²) in [5, 5.41) is 0. The van der Waals surface area contributed by atoms with Crippen molar-refractivity contribution in [3.8, 4) is 0 Å². The summed E-state index contributed by atoms with van der Waals surface area (Å²) in [6.07, 6.45) is 7.59. The monoisotopic (exact) mass is 288 g/mol. The van der Waals surface area contributed by atoms with E-state index in [0.717, 1.165) is 6.42 Å². The lowest BCUT2D eigenvalue weighted by molar-refractivity contribution is 0.146. The van der Waals surface area contributed by atoms with E-state index in [9.17, 15) is 0 Å². The maximum atomic E-state index is 6.04. The number of hydrogen-bond donors (Lipinski definition) is 2. The molecule has 4 nitrogen and oxygen atoms in total. The zero-order valence-electron chi connectivity index (χ0n) is 13.1. The zero-order chi connectivity index (χ0) is 14.1. The quantitative estimate of drug-likeness (QED) is 0.640. The van der Waals surface area contributed by atoms with Gasteiger partial charge in [-0.1, -0.05) is 33.1 Å². The van der Waals surface area contributed by atoms with E-state index in [0.29, 0.717) is 25.3 Å². The molecule has 1 atom stereocenters. The smallest absolute Gasteiger partial charge is 0.371 e. The Kier molecular flexibility index (Phi) is 8.17. The molecule has 0 amide bonds.